The summed E-state index contributed by atoms with van der Waals surface area (Å²) in [4.78, 5) is 14.6. The number of rotatable bonds is 2. The first-order valence-electron chi connectivity index (χ1n) is 7.90. The molecular formula is C16H22N2O4S. The lowest BCUT2D eigenvalue weighted by Crippen LogP contribution is -2.51. The van der Waals surface area contributed by atoms with E-state index in [0.717, 1.165) is 11.3 Å². The van der Waals surface area contributed by atoms with Gasteiger partial charge in [0, 0.05) is 32.1 Å². The van der Waals surface area contributed by atoms with Crippen LogP contribution in [-0.2, 0) is 21.2 Å². The molecule has 2 aliphatic rings. The highest BCUT2D eigenvalue weighted by Crippen LogP contribution is 2.27. The molecule has 2 aliphatic heterocycles. The van der Waals surface area contributed by atoms with E-state index < -0.39 is 10.0 Å². The summed E-state index contributed by atoms with van der Waals surface area (Å²) in [6.07, 6.45) is 2.59. The molecule has 1 fully saturated rings. The van der Waals surface area contributed by atoms with E-state index in [4.69, 9.17) is 4.74 Å². The minimum Gasteiger partial charge on any atom is -0.493 e. The van der Waals surface area contributed by atoms with Gasteiger partial charge in [-0.15, -0.1) is 0 Å². The number of fused-ring (bicyclic) bond motifs is 1. The Bertz CT molecular complexity index is 681. The number of nitrogens with zero attached hydrogens (tertiary/aromatic N) is 2. The van der Waals surface area contributed by atoms with E-state index in [-0.39, 0.29) is 11.8 Å². The van der Waals surface area contributed by atoms with Crippen LogP contribution in [0, 0.1) is 5.92 Å². The van der Waals surface area contributed by atoms with Crippen LogP contribution in [0.4, 0.5) is 0 Å². The fourth-order valence-corrected chi connectivity index (χ4v) is 4.03. The first-order valence-corrected chi connectivity index (χ1v) is 9.74. The van der Waals surface area contributed by atoms with Crippen molar-refractivity contribution in [1.29, 1.82) is 0 Å². The molecule has 7 heteroatoms. The van der Waals surface area contributed by atoms with E-state index in [0.29, 0.717) is 45.6 Å². The van der Waals surface area contributed by atoms with Crippen LogP contribution < -0.4 is 4.74 Å². The van der Waals surface area contributed by atoms with Crippen LogP contribution in [0.2, 0.25) is 0 Å². The SMILES string of the molecule is CS(=O)(=O)N1CCN(C(=O)[C@H]2CCOc3ccccc3C2)CC1. The molecule has 23 heavy (non-hydrogen) atoms. The zero-order chi connectivity index (χ0) is 16.4. The molecule has 3 rings (SSSR count). The highest BCUT2D eigenvalue weighted by atomic mass is 32.2. The summed E-state index contributed by atoms with van der Waals surface area (Å²) in [5.74, 6) is 0.881. The largest absolute Gasteiger partial charge is 0.493 e. The molecule has 0 unspecified atom stereocenters. The number of sulfonamides is 1. The molecule has 1 aromatic carbocycles. The van der Waals surface area contributed by atoms with Crippen molar-refractivity contribution in [3.63, 3.8) is 0 Å². The van der Waals surface area contributed by atoms with E-state index in [1.54, 1.807) is 4.90 Å². The molecule has 1 aromatic rings. The van der Waals surface area contributed by atoms with Gasteiger partial charge in [0.1, 0.15) is 5.75 Å². The molecule has 0 spiro atoms. The molecule has 0 radical (unpaired) electrons. The summed E-state index contributed by atoms with van der Waals surface area (Å²) in [6, 6.07) is 7.83. The molecule has 2 heterocycles. The lowest BCUT2D eigenvalue weighted by atomic mass is 9.95. The number of carbonyl (C=O) groups excluding carboxylic acids is 1. The summed E-state index contributed by atoms with van der Waals surface area (Å²) in [7, 11) is -3.17. The Kier molecular flexibility index (Phi) is 4.59. The fourth-order valence-electron chi connectivity index (χ4n) is 3.20. The molecule has 0 aliphatic carbocycles. The highest BCUT2D eigenvalue weighted by Gasteiger charge is 2.31. The molecule has 0 bridgehead atoms. The normalized spacial score (nSPS) is 22.8. The molecule has 0 N–H and O–H groups in total. The van der Waals surface area contributed by atoms with Crippen LogP contribution in [0.3, 0.4) is 0 Å². The van der Waals surface area contributed by atoms with E-state index in [2.05, 4.69) is 0 Å². The van der Waals surface area contributed by atoms with E-state index in [1.165, 1.54) is 10.6 Å². The van der Waals surface area contributed by atoms with Crippen LogP contribution in [0.5, 0.6) is 5.75 Å². The van der Waals surface area contributed by atoms with Crippen LogP contribution in [0.1, 0.15) is 12.0 Å². The number of para-hydroxylation sites is 1. The summed E-state index contributed by atoms with van der Waals surface area (Å²) >= 11 is 0. The Labute approximate surface area is 137 Å². The maximum Gasteiger partial charge on any atom is 0.226 e. The lowest BCUT2D eigenvalue weighted by Gasteiger charge is -2.35. The highest BCUT2D eigenvalue weighted by molar-refractivity contribution is 7.88. The summed E-state index contributed by atoms with van der Waals surface area (Å²) < 4.78 is 30.3. The maximum absolute atomic E-state index is 12.8. The third kappa shape index (κ3) is 3.67. The van der Waals surface area contributed by atoms with Crippen LogP contribution in [0.25, 0.3) is 0 Å². The first-order chi connectivity index (χ1) is 10.9. The molecule has 126 valence electrons. The Morgan fingerprint density at radius 1 is 1.17 bits per heavy atom. The molecule has 1 atom stereocenters. The van der Waals surface area contributed by atoms with Gasteiger partial charge in [-0.1, -0.05) is 18.2 Å². The summed E-state index contributed by atoms with van der Waals surface area (Å²) in [5.41, 5.74) is 1.07. The zero-order valence-corrected chi connectivity index (χ0v) is 14.1. The molecule has 6 nitrogen and oxygen atoms in total. The van der Waals surface area contributed by atoms with Gasteiger partial charge in [-0.05, 0) is 24.5 Å². The Morgan fingerprint density at radius 3 is 2.57 bits per heavy atom. The Balaban J connectivity index is 1.65. The summed E-state index contributed by atoms with van der Waals surface area (Å²) in [6.45, 7) is 2.22. The van der Waals surface area contributed by atoms with Crippen molar-refractivity contribution < 1.29 is 17.9 Å². The lowest BCUT2D eigenvalue weighted by molar-refractivity contribution is -0.137. The third-order valence-corrected chi connectivity index (χ3v) is 5.83. The van der Waals surface area contributed by atoms with Crippen molar-refractivity contribution in [2.75, 3.05) is 39.0 Å². The topological polar surface area (TPSA) is 66.9 Å². The van der Waals surface area contributed by atoms with Gasteiger partial charge in [-0.2, -0.15) is 4.31 Å². The molecular weight excluding hydrogens is 316 g/mol. The van der Waals surface area contributed by atoms with Gasteiger partial charge in [0.2, 0.25) is 15.9 Å². The minimum atomic E-state index is -3.17. The second-order valence-corrected chi connectivity index (χ2v) is 8.12. The monoisotopic (exact) mass is 338 g/mol. The van der Waals surface area contributed by atoms with Gasteiger partial charge >= 0.3 is 0 Å². The Hall–Kier alpha value is -1.60. The van der Waals surface area contributed by atoms with Gasteiger partial charge in [0.15, 0.2) is 0 Å². The minimum absolute atomic E-state index is 0.0940. The van der Waals surface area contributed by atoms with Crippen molar-refractivity contribution in [1.82, 2.24) is 9.21 Å². The molecule has 1 saturated heterocycles. The number of amides is 1. The summed E-state index contributed by atoms with van der Waals surface area (Å²) in [5, 5.41) is 0. The van der Waals surface area contributed by atoms with Gasteiger partial charge in [0.05, 0.1) is 12.9 Å². The molecule has 0 aromatic heterocycles. The fraction of sp³-hybridized carbons (Fsp3) is 0.562. The van der Waals surface area contributed by atoms with E-state index >= 15 is 0 Å². The average molecular weight is 338 g/mol. The van der Waals surface area contributed by atoms with Crippen molar-refractivity contribution in [2.24, 2.45) is 5.92 Å². The van der Waals surface area contributed by atoms with Gasteiger partial charge < -0.3 is 9.64 Å². The predicted molar refractivity (Wildman–Crippen MR) is 86.7 cm³/mol. The number of hydrogen-bond acceptors (Lipinski definition) is 4. The van der Waals surface area contributed by atoms with Gasteiger partial charge in [-0.25, -0.2) is 8.42 Å². The standard InChI is InChI=1S/C16H22N2O4S/c1-23(20,21)18-9-7-17(8-10-18)16(19)14-6-11-22-15-5-3-2-4-13(15)12-14/h2-5,14H,6-12H2,1H3/t14-/m0/s1. The van der Waals surface area contributed by atoms with Crippen molar-refractivity contribution >= 4 is 15.9 Å². The van der Waals surface area contributed by atoms with Crippen LogP contribution >= 0.6 is 0 Å². The van der Waals surface area contributed by atoms with E-state index in [1.807, 2.05) is 24.3 Å². The number of ether oxygens (including phenoxy) is 1. The van der Waals surface area contributed by atoms with E-state index in [9.17, 15) is 13.2 Å². The maximum atomic E-state index is 12.8. The number of piperazine rings is 1. The van der Waals surface area contributed by atoms with Crippen LogP contribution in [0.15, 0.2) is 24.3 Å². The van der Waals surface area contributed by atoms with Crippen molar-refractivity contribution in [3.8, 4) is 5.75 Å². The predicted octanol–water partition coefficient (Wildman–Crippen LogP) is 0.732. The number of benzene rings is 1. The van der Waals surface area contributed by atoms with Crippen LogP contribution in [-0.4, -0.2) is 62.6 Å². The zero-order valence-electron chi connectivity index (χ0n) is 13.3. The molecule has 1 amide bonds. The second kappa shape index (κ2) is 6.49. The quantitative estimate of drug-likeness (QED) is 0.797. The van der Waals surface area contributed by atoms with Crippen molar-refractivity contribution in [3.05, 3.63) is 29.8 Å². The van der Waals surface area contributed by atoms with Gasteiger partial charge in [0.25, 0.3) is 0 Å². The smallest absolute Gasteiger partial charge is 0.226 e. The first kappa shape index (κ1) is 16.3. The second-order valence-electron chi connectivity index (χ2n) is 6.13. The van der Waals surface area contributed by atoms with Crippen molar-refractivity contribution in [2.45, 2.75) is 12.8 Å². The van der Waals surface area contributed by atoms with Gasteiger partial charge in [-0.3, -0.25) is 4.79 Å². The number of carbonyl (C=O) groups is 1. The average Bonchev–Trinajstić information content (AvgIpc) is 2.75. The third-order valence-electron chi connectivity index (χ3n) is 4.53. The Morgan fingerprint density at radius 2 is 1.87 bits per heavy atom. The number of hydrogen-bond donors (Lipinski definition) is 0. The molecule has 0 saturated carbocycles.